The zero-order chi connectivity index (χ0) is 14.7. The molecule has 3 rings (SSSR count). The van der Waals surface area contributed by atoms with Gasteiger partial charge in [0, 0.05) is 28.4 Å². The maximum Gasteiger partial charge on any atom is 0.0468 e. The zero-order valence-electron chi connectivity index (χ0n) is 13.4. The van der Waals surface area contributed by atoms with E-state index in [4.69, 9.17) is 0 Å². The summed E-state index contributed by atoms with van der Waals surface area (Å²) < 4.78 is 0. The smallest absolute Gasteiger partial charge is 0.0468 e. The fourth-order valence-electron chi connectivity index (χ4n) is 3.25. The summed E-state index contributed by atoms with van der Waals surface area (Å²) in [5.41, 5.74) is 3.92. The van der Waals surface area contributed by atoms with Gasteiger partial charge in [-0.1, -0.05) is 44.2 Å². The molecule has 118 valence electrons. The first-order chi connectivity index (χ1) is 10.3. The van der Waals surface area contributed by atoms with Crippen LogP contribution < -0.4 is 0 Å². The van der Waals surface area contributed by atoms with Crippen molar-refractivity contribution in [1.29, 1.82) is 0 Å². The van der Waals surface area contributed by atoms with Crippen LogP contribution in [-0.4, -0.2) is 23.0 Å². The van der Waals surface area contributed by atoms with Crippen molar-refractivity contribution in [2.24, 2.45) is 0 Å². The number of benzene rings is 2. The summed E-state index contributed by atoms with van der Waals surface area (Å²) in [5.74, 6) is 0. The van der Waals surface area contributed by atoms with Crippen molar-refractivity contribution in [3.63, 3.8) is 0 Å². The van der Waals surface area contributed by atoms with E-state index >= 15 is 0 Å². The lowest BCUT2D eigenvalue weighted by atomic mass is 10.1. The van der Waals surface area contributed by atoms with E-state index < -0.39 is 0 Å². The zero-order valence-corrected chi connectivity index (χ0v) is 14.2. The number of H-pyrrole nitrogens is 1. The highest BCUT2D eigenvalue weighted by molar-refractivity contribution is 6.08. The van der Waals surface area contributed by atoms with E-state index in [0.717, 1.165) is 6.54 Å². The predicted molar refractivity (Wildman–Crippen MR) is 98.9 cm³/mol. The van der Waals surface area contributed by atoms with E-state index in [2.05, 4.69) is 66.2 Å². The van der Waals surface area contributed by atoms with Gasteiger partial charge in [-0.25, -0.2) is 0 Å². The molecule has 0 saturated carbocycles. The number of hydrogen-bond donors (Lipinski definition) is 1. The third kappa shape index (κ3) is 3.29. The monoisotopic (exact) mass is 316 g/mol. The summed E-state index contributed by atoms with van der Waals surface area (Å²) in [5, 5.41) is 2.74. The Balaban J connectivity index is 0.00000176. The molecule has 22 heavy (non-hydrogen) atoms. The van der Waals surface area contributed by atoms with Crippen molar-refractivity contribution in [3.8, 4) is 0 Å². The van der Waals surface area contributed by atoms with E-state index in [9.17, 15) is 0 Å². The third-order valence-corrected chi connectivity index (χ3v) is 4.09. The largest absolute Gasteiger partial charge is 0.355 e. The molecule has 1 N–H and O–H groups in total. The van der Waals surface area contributed by atoms with Crippen LogP contribution >= 0.6 is 12.4 Å². The Morgan fingerprint density at radius 3 is 2.27 bits per heavy atom. The molecule has 0 aliphatic rings. The molecule has 0 saturated heterocycles. The minimum atomic E-state index is 0. The molecule has 0 fully saturated rings. The van der Waals surface area contributed by atoms with Crippen LogP contribution in [-0.2, 0) is 6.54 Å². The number of rotatable bonds is 6. The van der Waals surface area contributed by atoms with Crippen LogP contribution in [0.2, 0.25) is 0 Å². The fourth-order valence-corrected chi connectivity index (χ4v) is 3.25. The molecule has 2 nitrogen and oxygen atoms in total. The Kier molecular flexibility index (Phi) is 5.87. The minimum absolute atomic E-state index is 0. The Morgan fingerprint density at radius 2 is 1.55 bits per heavy atom. The molecule has 0 unspecified atom stereocenters. The minimum Gasteiger partial charge on any atom is -0.355 e. The molecule has 0 atom stereocenters. The van der Waals surface area contributed by atoms with Crippen LogP contribution in [0.25, 0.3) is 21.8 Å². The highest BCUT2D eigenvalue weighted by Gasteiger charge is 2.11. The second-order valence-electron chi connectivity index (χ2n) is 5.79. The Labute approximate surface area is 138 Å². The van der Waals surface area contributed by atoms with Gasteiger partial charge in [0.25, 0.3) is 0 Å². The standard InChI is InChI=1S/C19H24N2.ClH/c1-3-12-21(13-4-2)14-15-8-7-11-18-19(15)16-9-5-6-10-17(16)20-18;/h5-11,20H,3-4,12-14H2,1-2H3;1H. The van der Waals surface area contributed by atoms with E-state index in [1.165, 1.54) is 53.3 Å². The van der Waals surface area contributed by atoms with Gasteiger partial charge < -0.3 is 4.98 Å². The van der Waals surface area contributed by atoms with Gasteiger partial charge in [-0.15, -0.1) is 12.4 Å². The third-order valence-electron chi connectivity index (χ3n) is 4.09. The summed E-state index contributed by atoms with van der Waals surface area (Å²) in [7, 11) is 0. The first kappa shape index (κ1) is 16.9. The molecule has 2 aromatic carbocycles. The van der Waals surface area contributed by atoms with Gasteiger partial charge in [0.15, 0.2) is 0 Å². The van der Waals surface area contributed by atoms with Crippen LogP contribution in [0, 0.1) is 0 Å². The Hall–Kier alpha value is -1.51. The molecular weight excluding hydrogens is 292 g/mol. The number of nitrogens with zero attached hydrogens (tertiary/aromatic N) is 1. The van der Waals surface area contributed by atoms with Crippen LogP contribution in [0.5, 0.6) is 0 Å². The van der Waals surface area contributed by atoms with Gasteiger partial charge in [-0.3, -0.25) is 4.90 Å². The molecular formula is C19H25ClN2. The number of halogens is 1. The SMILES string of the molecule is CCCN(CCC)Cc1cccc2[nH]c3ccccc3c12.Cl. The van der Waals surface area contributed by atoms with Gasteiger partial charge in [-0.05, 0) is 43.6 Å². The summed E-state index contributed by atoms with van der Waals surface area (Å²) >= 11 is 0. The molecule has 0 aliphatic heterocycles. The second-order valence-corrected chi connectivity index (χ2v) is 5.79. The number of fused-ring (bicyclic) bond motifs is 3. The predicted octanol–water partition coefficient (Wildman–Crippen LogP) is 5.36. The molecule has 3 aromatic rings. The van der Waals surface area contributed by atoms with Crippen molar-refractivity contribution < 1.29 is 0 Å². The lowest BCUT2D eigenvalue weighted by molar-refractivity contribution is 0.267. The van der Waals surface area contributed by atoms with Crippen LogP contribution in [0.4, 0.5) is 0 Å². The lowest BCUT2D eigenvalue weighted by Gasteiger charge is -2.21. The number of aromatic amines is 1. The summed E-state index contributed by atoms with van der Waals surface area (Å²) in [6, 6.07) is 15.2. The number of aromatic nitrogens is 1. The number of hydrogen-bond acceptors (Lipinski definition) is 1. The fraction of sp³-hybridized carbons (Fsp3) is 0.368. The summed E-state index contributed by atoms with van der Waals surface area (Å²) in [4.78, 5) is 6.10. The number of para-hydroxylation sites is 1. The Morgan fingerprint density at radius 1 is 0.864 bits per heavy atom. The second kappa shape index (κ2) is 7.66. The molecule has 0 radical (unpaired) electrons. The number of nitrogens with one attached hydrogen (secondary N) is 1. The van der Waals surface area contributed by atoms with Gasteiger partial charge in [0.1, 0.15) is 0 Å². The van der Waals surface area contributed by atoms with E-state index in [-0.39, 0.29) is 12.4 Å². The van der Waals surface area contributed by atoms with Crippen molar-refractivity contribution >= 4 is 34.2 Å². The van der Waals surface area contributed by atoms with Crippen molar-refractivity contribution in [1.82, 2.24) is 9.88 Å². The van der Waals surface area contributed by atoms with Gasteiger partial charge >= 0.3 is 0 Å². The van der Waals surface area contributed by atoms with E-state index in [0.29, 0.717) is 0 Å². The van der Waals surface area contributed by atoms with Crippen molar-refractivity contribution in [2.45, 2.75) is 33.2 Å². The van der Waals surface area contributed by atoms with Crippen molar-refractivity contribution in [2.75, 3.05) is 13.1 Å². The van der Waals surface area contributed by atoms with Crippen LogP contribution in [0.15, 0.2) is 42.5 Å². The summed E-state index contributed by atoms with van der Waals surface area (Å²) in [6.07, 6.45) is 2.42. The quantitative estimate of drug-likeness (QED) is 0.648. The van der Waals surface area contributed by atoms with Crippen LogP contribution in [0.1, 0.15) is 32.3 Å². The molecule has 0 bridgehead atoms. The normalized spacial score (nSPS) is 11.2. The highest BCUT2D eigenvalue weighted by Crippen LogP contribution is 2.29. The summed E-state index contributed by atoms with van der Waals surface area (Å²) in [6.45, 7) is 7.91. The molecule has 0 spiro atoms. The molecule has 3 heteroatoms. The maximum atomic E-state index is 3.54. The average Bonchev–Trinajstić information content (AvgIpc) is 2.87. The Bertz CT molecular complexity index is 726. The maximum absolute atomic E-state index is 3.54. The van der Waals surface area contributed by atoms with E-state index in [1.54, 1.807) is 0 Å². The van der Waals surface area contributed by atoms with Gasteiger partial charge in [0.05, 0.1) is 0 Å². The highest BCUT2D eigenvalue weighted by atomic mass is 35.5. The molecule has 1 heterocycles. The molecule has 0 amide bonds. The average molecular weight is 317 g/mol. The molecule has 0 aliphatic carbocycles. The van der Waals surface area contributed by atoms with Gasteiger partial charge in [-0.2, -0.15) is 0 Å². The van der Waals surface area contributed by atoms with Gasteiger partial charge in [0.2, 0.25) is 0 Å². The first-order valence-electron chi connectivity index (χ1n) is 8.04. The lowest BCUT2D eigenvalue weighted by Crippen LogP contribution is -2.24. The topological polar surface area (TPSA) is 19.0 Å². The molecule has 1 aromatic heterocycles. The van der Waals surface area contributed by atoms with Crippen molar-refractivity contribution in [3.05, 3.63) is 48.0 Å². The van der Waals surface area contributed by atoms with Crippen LogP contribution in [0.3, 0.4) is 0 Å². The van der Waals surface area contributed by atoms with E-state index in [1.807, 2.05) is 0 Å². The first-order valence-corrected chi connectivity index (χ1v) is 8.04.